The van der Waals surface area contributed by atoms with Crippen LogP contribution in [0.5, 0.6) is 0 Å². The Morgan fingerprint density at radius 1 is 0.705 bits per heavy atom. The van der Waals surface area contributed by atoms with Gasteiger partial charge in [-0.25, -0.2) is 38.1 Å². The number of carbonyl (C=O) groups excluding carboxylic acids is 5. The SMILES string of the molecule is CCOP(=O)(OCC)c1nc2c(s1)c(C(N)=O)nn2CC(=O)N1C[C@H](F)C[C@H]1C(=O)Nc1cccc(C)n1.CCOP(=O)(OCC)c1nc2c(s1)c(C(N)=O)nn2CC(=O)O.Cc1cccc(NC(=O)[C@@H]2C[C@@H](F)CN2)n1.Cl. The molecule has 5 amide bonds. The fourth-order valence-corrected chi connectivity index (χ4v) is 13.7. The molecule has 27 nitrogen and oxygen atoms in total. The predicted molar refractivity (Wildman–Crippen MR) is 285 cm³/mol. The van der Waals surface area contributed by atoms with Gasteiger partial charge in [0.15, 0.2) is 22.7 Å². The lowest BCUT2D eigenvalue weighted by Gasteiger charge is -2.23. The largest absolute Gasteiger partial charge is 0.480 e. The summed E-state index contributed by atoms with van der Waals surface area (Å²) in [6, 6.07) is 8.92. The van der Waals surface area contributed by atoms with Gasteiger partial charge in [-0.15, -0.1) is 35.1 Å². The molecule has 4 atom stereocenters. The molecule has 0 saturated carbocycles. The van der Waals surface area contributed by atoms with E-state index in [4.69, 9.17) is 34.7 Å². The molecule has 8 rings (SSSR count). The van der Waals surface area contributed by atoms with Crippen LogP contribution < -0.4 is 36.9 Å². The second-order valence-electron chi connectivity index (χ2n) is 16.6. The highest BCUT2D eigenvalue weighted by Crippen LogP contribution is 2.50. The third-order valence-corrected chi connectivity index (χ3v) is 17.9. The number of amides is 5. The minimum atomic E-state index is -3.79. The molecule has 0 aliphatic carbocycles. The molecule has 0 radical (unpaired) electrons. The van der Waals surface area contributed by atoms with E-state index in [0.29, 0.717) is 11.5 Å². The van der Waals surface area contributed by atoms with Crippen LogP contribution in [0.1, 0.15) is 72.9 Å². The van der Waals surface area contributed by atoms with Crippen molar-refractivity contribution in [2.24, 2.45) is 11.5 Å². The molecule has 8 N–H and O–H groups in total. The number of likely N-dealkylation sites (tertiary alicyclic amines) is 1. The summed E-state index contributed by atoms with van der Waals surface area (Å²) in [5.74, 6) is -3.53. The summed E-state index contributed by atoms with van der Waals surface area (Å²) in [4.78, 5) is 90.2. The van der Waals surface area contributed by atoms with Gasteiger partial charge in [0.05, 0.1) is 39.0 Å². The van der Waals surface area contributed by atoms with E-state index in [2.05, 4.69) is 46.1 Å². The van der Waals surface area contributed by atoms with Gasteiger partial charge in [-0.1, -0.05) is 12.1 Å². The van der Waals surface area contributed by atoms with Crippen LogP contribution in [0, 0.1) is 13.8 Å². The van der Waals surface area contributed by atoms with Crippen molar-refractivity contribution in [1.82, 2.24) is 49.7 Å². The van der Waals surface area contributed by atoms with Gasteiger partial charge >= 0.3 is 21.2 Å². The zero-order valence-corrected chi connectivity index (χ0v) is 47.0. The first kappa shape index (κ1) is 62.6. The average Bonchev–Trinajstić information content (AvgIpc) is 4.32. The molecule has 2 saturated heterocycles. The molecule has 6 aromatic heterocycles. The smallest absolute Gasteiger partial charge is 0.389 e. The molecule has 78 heavy (non-hydrogen) atoms. The number of thiazole rings is 2. The molecular weight excluding hydrogens is 1130 g/mol. The molecule has 2 aliphatic heterocycles. The summed E-state index contributed by atoms with van der Waals surface area (Å²) >= 11 is 1.75. The van der Waals surface area contributed by atoms with Crippen molar-refractivity contribution >= 4 is 128 Å². The summed E-state index contributed by atoms with van der Waals surface area (Å²) in [6.07, 6.45) is -2.29. The van der Waals surface area contributed by atoms with Crippen LogP contribution in [0.2, 0.25) is 0 Å². The van der Waals surface area contributed by atoms with Crippen LogP contribution in [0.4, 0.5) is 20.4 Å². The molecule has 0 unspecified atom stereocenters. The van der Waals surface area contributed by atoms with E-state index >= 15 is 0 Å². The van der Waals surface area contributed by atoms with Gasteiger partial charge < -0.3 is 55.5 Å². The molecule has 6 aromatic rings. The number of fused-ring (bicyclic) bond motifs is 2. The molecule has 34 heteroatoms. The maximum Gasteiger partial charge on any atom is 0.389 e. The number of alkyl halides is 2. The van der Waals surface area contributed by atoms with Crippen LogP contribution >= 0.6 is 50.3 Å². The molecule has 424 valence electrons. The lowest BCUT2D eigenvalue weighted by molar-refractivity contribution is -0.138. The van der Waals surface area contributed by atoms with Gasteiger partial charge in [0, 0.05) is 30.8 Å². The van der Waals surface area contributed by atoms with Crippen molar-refractivity contribution in [3.05, 3.63) is 59.2 Å². The van der Waals surface area contributed by atoms with E-state index in [1.165, 1.54) is 0 Å². The molecule has 0 bridgehead atoms. The Hall–Kier alpha value is -6.27. The Balaban J connectivity index is 0.000000237. The summed E-state index contributed by atoms with van der Waals surface area (Å²) in [6.45, 7) is 9.61. The number of carbonyl (C=O) groups is 6. The lowest BCUT2D eigenvalue weighted by Crippen LogP contribution is -2.44. The first-order chi connectivity index (χ1) is 36.5. The molecule has 0 spiro atoms. The van der Waals surface area contributed by atoms with E-state index < -0.39 is 82.3 Å². The van der Waals surface area contributed by atoms with Crippen molar-refractivity contribution in [3.8, 4) is 0 Å². The van der Waals surface area contributed by atoms with E-state index in [1.807, 2.05) is 19.1 Å². The normalized spacial score (nSPS) is 17.2. The number of primary amides is 2. The summed E-state index contributed by atoms with van der Waals surface area (Å²) < 4.78 is 76.9. The lowest BCUT2D eigenvalue weighted by atomic mass is 10.2. The van der Waals surface area contributed by atoms with Gasteiger partial charge in [-0.2, -0.15) is 10.2 Å². The van der Waals surface area contributed by atoms with Crippen molar-refractivity contribution in [2.45, 2.75) is 91.9 Å². The Morgan fingerprint density at radius 2 is 1.15 bits per heavy atom. The predicted octanol–water partition coefficient (Wildman–Crippen LogP) is 3.78. The summed E-state index contributed by atoms with van der Waals surface area (Å²) in [5, 5.41) is 25.0. The van der Waals surface area contributed by atoms with Crippen molar-refractivity contribution < 1.29 is 69.9 Å². The number of anilines is 2. The number of carboxylic acid groups (broad SMARTS) is 1. The maximum atomic E-state index is 14.4. The zero-order valence-electron chi connectivity index (χ0n) is 42.7. The maximum absolute atomic E-state index is 14.4. The van der Waals surface area contributed by atoms with Crippen LogP contribution in [0.25, 0.3) is 20.7 Å². The van der Waals surface area contributed by atoms with Gasteiger partial charge in [0.1, 0.15) is 52.5 Å². The Kier molecular flexibility index (Phi) is 22.1. The van der Waals surface area contributed by atoms with Crippen LogP contribution in [-0.2, 0) is 59.5 Å². The topological polar surface area (TPSA) is 372 Å². The minimum Gasteiger partial charge on any atom is -0.480 e. The van der Waals surface area contributed by atoms with E-state index in [1.54, 1.807) is 58.9 Å². The highest BCUT2D eigenvalue weighted by atomic mass is 35.5. The number of aromatic nitrogens is 8. The Bertz CT molecular complexity index is 3230. The standard InChI is InChI=1S/C22H27FN7O6PS.C11H14FN3O.C11H15N4O6PS.ClH/c1-4-35-37(34,36-5-2)22-27-20-18(38-22)17(19(24)32)28-30(20)11-16(31)29-10-13(23)9-14(29)21(33)26-15-8-6-7-12(3)25-15;1-7-3-2-4-10(14-7)15-11(16)9-5-8(12)6-13-9;1-3-20-22(19,21-4-2)11-13-10-8(23-11)7(9(12)18)14-15(10)5-6(16)17;/h6-8,13-14H,4-5,9-11H2,1-3H3,(H2,24,32)(H,25,26,33);2-4,8-9,13H,5-6H2,1H3,(H,14,15,16);3-5H2,1-2H3,(H2,12,18)(H,16,17);1H/t13-,14+;8-,9+;;/m11../s1. The molecule has 2 aliphatic rings. The van der Waals surface area contributed by atoms with Gasteiger partial charge in [-0.3, -0.25) is 37.9 Å². The molecule has 0 aromatic carbocycles. The number of pyridine rings is 2. The number of nitrogens with zero attached hydrogens (tertiary/aromatic N) is 9. The first-order valence-electron chi connectivity index (χ1n) is 23.7. The first-order valence-corrected chi connectivity index (χ1v) is 28.4. The van der Waals surface area contributed by atoms with Crippen LogP contribution in [0.3, 0.4) is 0 Å². The quantitative estimate of drug-likeness (QED) is 0.0592. The Labute approximate surface area is 458 Å². The second-order valence-corrected chi connectivity index (χ2v) is 23.1. The van der Waals surface area contributed by atoms with E-state index in [-0.39, 0.29) is 118 Å². The number of nitrogens with one attached hydrogen (secondary N) is 3. The summed E-state index contributed by atoms with van der Waals surface area (Å²) in [7, 11) is -7.44. The highest BCUT2D eigenvalue weighted by molar-refractivity contribution is 7.69. The number of nitrogens with two attached hydrogens (primary N) is 2. The van der Waals surface area contributed by atoms with Crippen molar-refractivity contribution in [1.29, 1.82) is 0 Å². The summed E-state index contributed by atoms with van der Waals surface area (Å²) in [5.41, 5.74) is 12.1. The minimum absolute atomic E-state index is 0. The number of halogens is 3. The highest BCUT2D eigenvalue weighted by Gasteiger charge is 2.41. The van der Waals surface area contributed by atoms with Gasteiger partial charge in [0.2, 0.25) is 27.2 Å². The molecular formula is C44H57ClF2N14O13P2S2. The third kappa shape index (κ3) is 15.3. The fraction of sp³-hybridized carbons (Fsp3) is 0.455. The zero-order chi connectivity index (χ0) is 56.4. The number of hydrogen-bond acceptors (Lipinski definition) is 21. The molecule has 8 heterocycles. The monoisotopic (exact) mass is 1190 g/mol. The fourth-order valence-electron chi connectivity index (χ4n) is 7.64. The Morgan fingerprint density at radius 3 is 1.55 bits per heavy atom. The van der Waals surface area contributed by atoms with E-state index in [0.717, 1.165) is 42.6 Å². The number of aryl methyl sites for hydroxylation is 2. The average molecular weight is 1190 g/mol. The third-order valence-electron chi connectivity index (χ3n) is 10.8. The number of rotatable bonds is 20. The van der Waals surface area contributed by atoms with E-state index in [9.17, 15) is 46.7 Å². The number of carboxylic acids is 1. The van der Waals surface area contributed by atoms with Crippen molar-refractivity contribution in [2.75, 3.05) is 50.2 Å². The van der Waals surface area contributed by atoms with Crippen LogP contribution in [0.15, 0.2) is 36.4 Å². The van der Waals surface area contributed by atoms with Crippen molar-refractivity contribution in [3.63, 3.8) is 0 Å². The molecule has 2 fully saturated rings. The van der Waals surface area contributed by atoms with Gasteiger partial charge in [0.25, 0.3) is 11.8 Å². The second kappa shape index (κ2) is 27.5. The number of aliphatic carboxylic acids is 1. The van der Waals surface area contributed by atoms with Crippen LogP contribution in [-0.4, -0.2) is 149 Å². The number of hydrogen-bond donors (Lipinski definition) is 6. The van der Waals surface area contributed by atoms with Gasteiger partial charge in [-0.05, 0) is 65.8 Å².